The summed E-state index contributed by atoms with van der Waals surface area (Å²) in [6.07, 6.45) is 1.38. The van der Waals surface area contributed by atoms with Gasteiger partial charge in [-0.05, 0) is 43.4 Å². The van der Waals surface area contributed by atoms with Gasteiger partial charge in [-0.25, -0.2) is 9.97 Å². The van der Waals surface area contributed by atoms with Crippen molar-refractivity contribution in [3.63, 3.8) is 0 Å². The Bertz CT molecular complexity index is 1330. The van der Waals surface area contributed by atoms with Crippen LogP contribution in [-0.4, -0.2) is 51.0 Å². The average Bonchev–Trinajstić information content (AvgIpc) is 3.20. The highest BCUT2D eigenvalue weighted by Gasteiger charge is 2.41. The lowest BCUT2D eigenvalue weighted by Crippen LogP contribution is -2.42. The summed E-state index contributed by atoms with van der Waals surface area (Å²) in [6.45, 7) is 3.75. The highest BCUT2D eigenvalue weighted by Crippen LogP contribution is 2.43. The molecule has 3 aromatic rings. The first kappa shape index (κ1) is 23.5. The number of anilines is 1. The molecule has 0 radical (unpaired) electrons. The van der Waals surface area contributed by atoms with Crippen LogP contribution < -0.4 is 10.5 Å². The Balaban J connectivity index is 1.35. The summed E-state index contributed by atoms with van der Waals surface area (Å²) in [7, 11) is 0. The molecule has 0 amide bonds. The van der Waals surface area contributed by atoms with Crippen LogP contribution in [0.15, 0.2) is 35.4 Å². The van der Waals surface area contributed by atoms with Crippen molar-refractivity contribution in [2.75, 3.05) is 31.1 Å². The molecule has 184 valence electrons. The summed E-state index contributed by atoms with van der Waals surface area (Å²) in [6, 6.07) is 2.91. The highest BCUT2D eigenvalue weighted by atomic mass is 32.1. The van der Waals surface area contributed by atoms with Crippen molar-refractivity contribution < 1.29 is 18.1 Å². The zero-order valence-corrected chi connectivity index (χ0v) is 19.3. The van der Waals surface area contributed by atoms with Crippen LogP contribution in [-0.2, 0) is 12.7 Å². The Morgan fingerprint density at radius 1 is 1.11 bits per heavy atom. The van der Waals surface area contributed by atoms with Gasteiger partial charge in [0.05, 0.1) is 22.4 Å². The molecule has 1 spiro atoms. The second-order valence-electron chi connectivity index (χ2n) is 9.04. The van der Waals surface area contributed by atoms with Gasteiger partial charge in [-0.3, -0.25) is 19.8 Å². The summed E-state index contributed by atoms with van der Waals surface area (Å²) in [5.74, 6) is 0.780. The minimum Gasteiger partial charge on any atom is -0.348 e. The molecule has 0 bridgehead atoms. The SMILES string of the molecule is O=c1nc(N2CCC3(CCN(Cc4ncccn4)C3)CC2)sc2c([N+](=O)[O-])cc(C(F)(F)F)cc12. The summed E-state index contributed by atoms with van der Waals surface area (Å²) in [5, 5.41) is 11.4. The summed E-state index contributed by atoms with van der Waals surface area (Å²) in [5.41, 5.74) is -2.73. The smallest absolute Gasteiger partial charge is 0.348 e. The molecule has 0 aliphatic carbocycles. The van der Waals surface area contributed by atoms with Crippen molar-refractivity contribution in [1.29, 1.82) is 0 Å². The molecule has 2 aliphatic rings. The van der Waals surface area contributed by atoms with Crippen molar-refractivity contribution in [2.24, 2.45) is 5.41 Å². The number of fused-ring (bicyclic) bond motifs is 1. The fourth-order valence-electron chi connectivity index (χ4n) is 4.93. The van der Waals surface area contributed by atoms with Crippen LogP contribution in [0.1, 0.15) is 30.7 Å². The first-order valence-electron chi connectivity index (χ1n) is 11.1. The number of rotatable bonds is 4. The maximum atomic E-state index is 13.2. The summed E-state index contributed by atoms with van der Waals surface area (Å²) < 4.78 is 39.5. The molecule has 13 heteroatoms. The van der Waals surface area contributed by atoms with Crippen molar-refractivity contribution in [2.45, 2.75) is 32.0 Å². The molecular formula is C22H21F3N6O3S. The number of nitro groups is 1. The molecular weight excluding hydrogens is 485 g/mol. The minimum atomic E-state index is -4.81. The number of likely N-dealkylation sites (tertiary alicyclic amines) is 1. The number of hydrogen-bond donors (Lipinski definition) is 0. The number of nitro benzene ring substituents is 1. The van der Waals surface area contributed by atoms with Gasteiger partial charge in [0, 0.05) is 38.1 Å². The van der Waals surface area contributed by atoms with Gasteiger partial charge in [0.2, 0.25) is 0 Å². The monoisotopic (exact) mass is 506 g/mol. The fraction of sp³-hybridized carbons (Fsp3) is 0.455. The van der Waals surface area contributed by atoms with Gasteiger partial charge in [0.1, 0.15) is 10.5 Å². The molecule has 2 fully saturated rings. The van der Waals surface area contributed by atoms with Gasteiger partial charge in [-0.2, -0.15) is 18.2 Å². The molecule has 4 heterocycles. The quantitative estimate of drug-likeness (QED) is 0.388. The number of hydrogen-bond acceptors (Lipinski definition) is 9. The molecule has 0 saturated carbocycles. The molecule has 0 atom stereocenters. The molecule has 9 nitrogen and oxygen atoms in total. The predicted octanol–water partition coefficient (Wildman–Crippen LogP) is 3.87. The predicted molar refractivity (Wildman–Crippen MR) is 123 cm³/mol. The van der Waals surface area contributed by atoms with E-state index >= 15 is 0 Å². The lowest BCUT2D eigenvalue weighted by Gasteiger charge is -2.39. The highest BCUT2D eigenvalue weighted by molar-refractivity contribution is 7.22. The van der Waals surface area contributed by atoms with Gasteiger partial charge in [0.15, 0.2) is 5.13 Å². The van der Waals surface area contributed by atoms with E-state index in [0.29, 0.717) is 36.9 Å². The Morgan fingerprint density at radius 2 is 1.80 bits per heavy atom. The van der Waals surface area contributed by atoms with E-state index in [2.05, 4.69) is 19.9 Å². The van der Waals surface area contributed by atoms with Gasteiger partial charge < -0.3 is 4.90 Å². The molecule has 35 heavy (non-hydrogen) atoms. The van der Waals surface area contributed by atoms with Gasteiger partial charge in [0.25, 0.3) is 11.2 Å². The molecule has 2 aliphatic heterocycles. The third-order valence-corrected chi connectivity index (χ3v) is 7.98. The van der Waals surface area contributed by atoms with Gasteiger partial charge in [-0.15, -0.1) is 0 Å². The maximum Gasteiger partial charge on any atom is 0.416 e. The third kappa shape index (κ3) is 4.69. The largest absolute Gasteiger partial charge is 0.416 e. The number of alkyl halides is 3. The standard InChI is InChI=1S/C22H21F3N6O3S/c23-22(24,25)14-10-15-18(16(11-14)31(33)34)35-20(28-19(15)32)30-8-3-21(4-9-30)2-7-29(13-21)12-17-26-5-1-6-27-17/h1,5-6,10-11H,2-4,7-9,12-13H2. The van der Waals surface area contributed by atoms with Gasteiger partial charge >= 0.3 is 6.18 Å². The lowest BCUT2D eigenvalue weighted by atomic mass is 9.78. The first-order valence-corrected chi connectivity index (χ1v) is 11.9. The van der Waals surface area contributed by atoms with E-state index in [9.17, 15) is 28.1 Å². The van der Waals surface area contributed by atoms with Crippen LogP contribution in [0, 0.1) is 15.5 Å². The molecule has 1 aromatic carbocycles. The zero-order chi connectivity index (χ0) is 24.8. The number of nitrogens with zero attached hydrogens (tertiary/aromatic N) is 6. The van der Waals surface area contributed by atoms with E-state index in [1.807, 2.05) is 4.90 Å². The summed E-state index contributed by atoms with van der Waals surface area (Å²) in [4.78, 5) is 40.1. The Morgan fingerprint density at radius 3 is 2.46 bits per heavy atom. The van der Waals surface area contributed by atoms with Crippen LogP contribution in [0.25, 0.3) is 10.1 Å². The zero-order valence-electron chi connectivity index (χ0n) is 18.5. The van der Waals surface area contributed by atoms with Crippen molar-refractivity contribution in [1.82, 2.24) is 19.9 Å². The molecule has 2 saturated heterocycles. The van der Waals surface area contributed by atoms with Gasteiger partial charge in [-0.1, -0.05) is 11.3 Å². The first-order chi connectivity index (χ1) is 16.6. The molecule has 0 N–H and O–H groups in total. The van der Waals surface area contributed by atoms with E-state index < -0.39 is 27.9 Å². The number of non-ortho nitro benzene ring substituents is 1. The topological polar surface area (TPSA) is 105 Å². The van der Waals surface area contributed by atoms with Crippen LogP contribution in [0.4, 0.5) is 24.0 Å². The second-order valence-corrected chi connectivity index (χ2v) is 10.0. The number of piperidine rings is 1. The fourth-order valence-corrected chi connectivity index (χ4v) is 6.05. The second kappa shape index (κ2) is 8.79. The molecule has 0 unspecified atom stereocenters. The normalized spacial score (nSPS) is 18.4. The average molecular weight is 507 g/mol. The van der Waals surface area contributed by atoms with E-state index in [0.717, 1.165) is 49.5 Å². The number of halogens is 3. The Hall–Kier alpha value is -3.19. The summed E-state index contributed by atoms with van der Waals surface area (Å²) >= 11 is 0.894. The van der Waals surface area contributed by atoms with E-state index in [1.54, 1.807) is 18.5 Å². The Labute approximate surface area is 201 Å². The van der Waals surface area contributed by atoms with E-state index in [4.69, 9.17) is 0 Å². The van der Waals surface area contributed by atoms with Crippen LogP contribution in [0.2, 0.25) is 0 Å². The van der Waals surface area contributed by atoms with Crippen LogP contribution in [0.3, 0.4) is 0 Å². The van der Waals surface area contributed by atoms with E-state index in [1.165, 1.54) is 0 Å². The molecule has 5 rings (SSSR count). The van der Waals surface area contributed by atoms with Crippen molar-refractivity contribution in [3.8, 4) is 0 Å². The van der Waals surface area contributed by atoms with Crippen molar-refractivity contribution >= 4 is 32.2 Å². The minimum absolute atomic E-state index is 0.0896. The number of aromatic nitrogens is 3. The van der Waals surface area contributed by atoms with E-state index in [-0.39, 0.29) is 15.5 Å². The maximum absolute atomic E-state index is 13.2. The third-order valence-electron chi connectivity index (χ3n) is 6.81. The number of benzene rings is 1. The van der Waals surface area contributed by atoms with Crippen molar-refractivity contribution in [3.05, 3.63) is 62.4 Å². The lowest BCUT2D eigenvalue weighted by molar-refractivity contribution is -0.383. The van der Waals surface area contributed by atoms with Crippen LogP contribution >= 0.6 is 11.3 Å². The van der Waals surface area contributed by atoms with Crippen LogP contribution in [0.5, 0.6) is 0 Å². The Kier molecular flexibility index (Phi) is 5.91. The molecule has 2 aromatic heterocycles.